The van der Waals surface area contributed by atoms with Gasteiger partial charge >= 0.3 is 6.18 Å². The summed E-state index contributed by atoms with van der Waals surface area (Å²) in [5.74, 6) is -0.273. The minimum atomic E-state index is -4.85. The SMILES string of the molecule is Cc1nn(CCC#N)c(N)c1[C@](C)(O)C(F)(F)F. The number of hydrogen-bond donors (Lipinski definition) is 2. The molecule has 1 rings (SSSR count). The maximum Gasteiger partial charge on any atom is 0.421 e. The van der Waals surface area contributed by atoms with Crippen LogP contribution < -0.4 is 5.73 Å². The predicted octanol–water partition coefficient (Wildman–Crippen LogP) is 1.46. The van der Waals surface area contributed by atoms with Crippen molar-refractivity contribution in [3.8, 4) is 6.07 Å². The Hall–Kier alpha value is -1.75. The molecule has 1 atom stereocenters. The van der Waals surface area contributed by atoms with E-state index in [1.54, 1.807) is 0 Å². The highest BCUT2D eigenvalue weighted by Gasteiger charge is 2.54. The largest absolute Gasteiger partial charge is 0.421 e. The Bertz CT molecular complexity index is 485. The van der Waals surface area contributed by atoms with Gasteiger partial charge in [-0.3, -0.25) is 0 Å². The van der Waals surface area contributed by atoms with E-state index >= 15 is 0 Å². The number of aromatic nitrogens is 2. The number of rotatable bonds is 3. The van der Waals surface area contributed by atoms with E-state index in [4.69, 9.17) is 11.0 Å². The maximum absolute atomic E-state index is 12.7. The van der Waals surface area contributed by atoms with Gasteiger partial charge in [-0.25, -0.2) is 4.68 Å². The first-order valence-electron chi connectivity index (χ1n) is 5.12. The Labute approximate surface area is 102 Å². The summed E-state index contributed by atoms with van der Waals surface area (Å²) in [7, 11) is 0. The fraction of sp³-hybridized carbons (Fsp3) is 0.600. The standard InChI is InChI=1S/C10H13F3N4O/c1-6-7(9(2,18)10(11,12)13)8(15)17(16-6)5-3-4-14/h18H,3,5,15H2,1-2H3/t9-/m0/s1. The average molecular weight is 262 g/mol. The molecule has 0 saturated heterocycles. The maximum atomic E-state index is 12.7. The van der Waals surface area contributed by atoms with Crippen LogP contribution in [-0.2, 0) is 12.1 Å². The molecule has 0 bridgehead atoms. The second-order valence-electron chi connectivity index (χ2n) is 4.05. The average Bonchev–Trinajstić information content (AvgIpc) is 2.49. The third-order valence-corrected chi connectivity index (χ3v) is 2.64. The number of anilines is 1. The highest BCUT2D eigenvalue weighted by atomic mass is 19.4. The third kappa shape index (κ3) is 2.26. The number of halogens is 3. The summed E-state index contributed by atoms with van der Waals surface area (Å²) < 4.78 is 39.3. The lowest BCUT2D eigenvalue weighted by Gasteiger charge is -2.26. The van der Waals surface area contributed by atoms with Crippen LogP contribution in [0, 0.1) is 18.3 Å². The normalized spacial score (nSPS) is 15.2. The molecule has 0 aliphatic rings. The Morgan fingerprint density at radius 2 is 2.06 bits per heavy atom. The number of alkyl halides is 3. The highest BCUT2D eigenvalue weighted by molar-refractivity contribution is 5.47. The summed E-state index contributed by atoms with van der Waals surface area (Å²) in [6, 6.07) is 1.84. The van der Waals surface area contributed by atoms with Crippen molar-refractivity contribution in [2.24, 2.45) is 0 Å². The quantitative estimate of drug-likeness (QED) is 0.863. The molecule has 3 N–H and O–H groups in total. The van der Waals surface area contributed by atoms with E-state index in [9.17, 15) is 18.3 Å². The lowest BCUT2D eigenvalue weighted by molar-refractivity contribution is -0.258. The van der Waals surface area contributed by atoms with Gasteiger partial charge in [-0.05, 0) is 13.8 Å². The van der Waals surface area contributed by atoms with Gasteiger partial charge < -0.3 is 10.8 Å². The van der Waals surface area contributed by atoms with Crippen molar-refractivity contribution in [1.82, 2.24) is 9.78 Å². The van der Waals surface area contributed by atoms with E-state index in [1.165, 1.54) is 6.92 Å². The monoisotopic (exact) mass is 262 g/mol. The van der Waals surface area contributed by atoms with Crippen molar-refractivity contribution in [1.29, 1.82) is 5.26 Å². The molecule has 0 unspecified atom stereocenters. The summed E-state index contributed by atoms with van der Waals surface area (Å²) in [5, 5.41) is 21.8. The summed E-state index contributed by atoms with van der Waals surface area (Å²) in [5.41, 5.74) is 2.02. The van der Waals surface area contributed by atoms with Crippen LogP contribution in [0.3, 0.4) is 0 Å². The summed E-state index contributed by atoms with van der Waals surface area (Å²) in [4.78, 5) is 0. The Morgan fingerprint density at radius 3 is 2.50 bits per heavy atom. The molecule has 8 heteroatoms. The van der Waals surface area contributed by atoms with E-state index in [2.05, 4.69) is 5.10 Å². The predicted molar refractivity (Wildman–Crippen MR) is 57.2 cm³/mol. The van der Waals surface area contributed by atoms with E-state index in [0.29, 0.717) is 6.92 Å². The lowest BCUT2D eigenvalue weighted by atomic mass is 9.95. The Balaban J connectivity index is 3.27. The molecule has 0 fully saturated rings. The molecular weight excluding hydrogens is 249 g/mol. The molecule has 0 aromatic carbocycles. The minimum absolute atomic E-state index is 0.00670. The van der Waals surface area contributed by atoms with Gasteiger partial charge in [0.25, 0.3) is 0 Å². The molecule has 1 aromatic rings. The molecule has 0 spiro atoms. The number of nitriles is 1. The van der Waals surface area contributed by atoms with Crippen molar-refractivity contribution in [2.45, 2.75) is 38.6 Å². The summed E-state index contributed by atoms with van der Waals surface area (Å²) in [6.45, 7) is 2.04. The number of hydrogen-bond acceptors (Lipinski definition) is 4. The van der Waals surface area contributed by atoms with Crippen LogP contribution in [0.1, 0.15) is 24.6 Å². The smallest absolute Gasteiger partial charge is 0.384 e. The van der Waals surface area contributed by atoms with Gasteiger partial charge in [0.15, 0.2) is 5.60 Å². The molecule has 5 nitrogen and oxygen atoms in total. The third-order valence-electron chi connectivity index (χ3n) is 2.64. The fourth-order valence-electron chi connectivity index (χ4n) is 1.67. The van der Waals surface area contributed by atoms with Crippen molar-refractivity contribution in [2.75, 3.05) is 5.73 Å². The Morgan fingerprint density at radius 1 is 1.50 bits per heavy atom. The molecule has 18 heavy (non-hydrogen) atoms. The molecule has 1 aromatic heterocycles. The number of nitrogens with two attached hydrogens (primary N) is 1. The number of nitrogen functional groups attached to an aromatic ring is 1. The van der Waals surface area contributed by atoms with E-state index in [0.717, 1.165) is 4.68 Å². The Kier molecular flexibility index (Phi) is 3.57. The van der Waals surface area contributed by atoms with E-state index in [1.807, 2.05) is 6.07 Å². The van der Waals surface area contributed by atoms with Gasteiger partial charge in [0.1, 0.15) is 5.82 Å². The van der Waals surface area contributed by atoms with Crippen LogP contribution >= 0.6 is 0 Å². The first kappa shape index (κ1) is 14.3. The zero-order chi connectivity index (χ0) is 14.1. The van der Waals surface area contributed by atoms with Crippen LogP contribution in [-0.4, -0.2) is 21.1 Å². The molecule has 1 heterocycles. The molecule has 0 aliphatic carbocycles. The second-order valence-corrected chi connectivity index (χ2v) is 4.05. The van der Waals surface area contributed by atoms with Crippen molar-refractivity contribution in [3.63, 3.8) is 0 Å². The van der Waals surface area contributed by atoms with Gasteiger partial charge in [-0.1, -0.05) is 0 Å². The summed E-state index contributed by atoms with van der Waals surface area (Å²) >= 11 is 0. The summed E-state index contributed by atoms with van der Waals surface area (Å²) in [6.07, 6.45) is -4.78. The zero-order valence-corrected chi connectivity index (χ0v) is 9.91. The van der Waals surface area contributed by atoms with Crippen molar-refractivity contribution < 1.29 is 18.3 Å². The van der Waals surface area contributed by atoms with Gasteiger partial charge in [0.2, 0.25) is 0 Å². The van der Waals surface area contributed by atoms with E-state index < -0.39 is 17.3 Å². The molecule has 0 amide bonds. The molecular formula is C10H13F3N4O. The molecule has 0 saturated carbocycles. The highest BCUT2D eigenvalue weighted by Crippen LogP contribution is 2.42. The zero-order valence-electron chi connectivity index (χ0n) is 9.91. The number of nitrogens with zero attached hydrogens (tertiary/aromatic N) is 3. The van der Waals surface area contributed by atoms with Crippen LogP contribution in [0.4, 0.5) is 19.0 Å². The van der Waals surface area contributed by atoms with Gasteiger partial charge in [-0.2, -0.15) is 23.5 Å². The van der Waals surface area contributed by atoms with Crippen molar-refractivity contribution in [3.05, 3.63) is 11.3 Å². The van der Waals surface area contributed by atoms with Gasteiger partial charge in [0.05, 0.1) is 30.3 Å². The van der Waals surface area contributed by atoms with Gasteiger partial charge in [0, 0.05) is 0 Å². The topological polar surface area (TPSA) is 87.9 Å². The van der Waals surface area contributed by atoms with E-state index in [-0.39, 0.29) is 24.5 Å². The lowest BCUT2D eigenvalue weighted by Crippen LogP contribution is -2.40. The molecule has 100 valence electrons. The van der Waals surface area contributed by atoms with Gasteiger partial charge in [-0.15, -0.1) is 0 Å². The van der Waals surface area contributed by atoms with Crippen LogP contribution in [0.25, 0.3) is 0 Å². The van der Waals surface area contributed by atoms with Crippen molar-refractivity contribution >= 4 is 5.82 Å². The number of aliphatic hydroxyl groups is 1. The minimum Gasteiger partial charge on any atom is -0.384 e. The first-order valence-corrected chi connectivity index (χ1v) is 5.12. The fourth-order valence-corrected chi connectivity index (χ4v) is 1.67. The second kappa shape index (κ2) is 4.49. The molecule has 0 radical (unpaired) electrons. The number of aryl methyl sites for hydroxylation is 2. The van der Waals surface area contributed by atoms with Crippen LogP contribution in [0.5, 0.6) is 0 Å². The van der Waals surface area contributed by atoms with Crippen LogP contribution in [0.15, 0.2) is 0 Å². The first-order chi connectivity index (χ1) is 8.13. The molecule has 0 aliphatic heterocycles. The van der Waals surface area contributed by atoms with Crippen LogP contribution in [0.2, 0.25) is 0 Å².